The number of carbonyl (C=O) groups excluding carboxylic acids is 1. The highest BCUT2D eigenvalue weighted by molar-refractivity contribution is 5.85. The van der Waals surface area contributed by atoms with E-state index < -0.39 is 0 Å². The highest BCUT2D eigenvalue weighted by atomic mass is 16.5. The maximum atomic E-state index is 10.6. The predicted molar refractivity (Wildman–Crippen MR) is 69.8 cm³/mol. The van der Waals surface area contributed by atoms with Crippen LogP contribution in [0.5, 0.6) is 11.5 Å². The molecule has 0 aliphatic heterocycles. The van der Waals surface area contributed by atoms with E-state index in [4.69, 9.17) is 15.2 Å². The summed E-state index contributed by atoms with van der Waals surface area (Å²) in [6.07, 6.45) is 0.218. The molecule has 4 nitrogen and oxygen atoms in total. The van der Waals surface area contributed by atoms with Crippen LogP contribution in [0.15, 0.2) is 36.4 Å². The molecule has 0 heterocycles. The minimum Gasteiger partial charge on any atom is -0.497 e. The van der Waals surface area contributed by atoms with Gasteiger partial charge in [-0.3, -0.25) is 4.79 Å². The van der Waals surface area contributed by atoms with Crippen molar-refractivity contribution in [2.75, 3.05) is 13.7 Å². The molecule has 0 atom stereocenters. The molecule has 2 aromatic rings. The molecule has 2 N–H and O–H groups in total. The van der Waals surface area contributed by atoms with Gasteiger partial charge in [-0.1, -0.05) is 12.1 Å². The Kier molecular flexibility index (Phi) is 3.67. The van der Waals surface area contributed by atoms with E-state index in [1.807, 2.05) is 36.4 Å². The fraction of sp³-hybridized carbons (Fsp3) is 0.214. The number of methoxy groups -OCH3 is 1. The Balaban J connectivity index is 2.17. The summed E-state index contributed by atoms with van der Waals surface area (Å²) in [4.78, 5) is 10.6. The van der Waals surface area contributed by atoms with Crippen molar-refractivity contribution >= 4 is 16.7 Å². The Morgan fingerprint density at radius 2 is 1.78 bits per heavy atom. The van der Waals surface area contributed by atoms with Crippen molar-refractivity contribution < 1.29 is 14.3 Å². The van der Waals surface area contributed by atoms with Gasteiger partial charge in [0, 0.05) is 0 Å². The lowest BCUT2D eigenvalue weighted by Crippen LogP contribution is -2.14. The summed E-state index contributed by atoms with van der Waals surface area (Å²) in [5, 5.41) is 2.14. The van der Waals surface area contributed by atoms with E-state index in [0.29, 0.717) is 6.61 Å². The average Bonchev–Trinajstić information content (AvgIpc) is 2.37. The first-order chi connectivity index (χ1) is 8.69. The van der Waals surface area contributed by atoms with Gasteiger partial charge in [0.2, 0.25) is 5.91 Å². The maximum Gasteiger partial charge on any atom is 0.220 e. The van der Waals surface area contributed by atoms with Crippen molar-refractivity contribution in [1.29, 1.82) is 0 Å². The third-order valence-corrected chi connectivity index (χ3v) is 2.64. The van der Waals surface area contributed by atoms with Crippen LogP contribution in [0.4, 0.5) is 0 Å². The molecule has 1 amide bonds. The predicted octanol–water partition coefficient (Wildman–Crippen LogP) is 2.10. The summed E-state index contributed by atoms with van der Waals surface area (Å²) in [6, 6.07) is 11.6. The number of ether oxygens (including phenoxy) is 2. The zero-order valence-corrected chi connectivity index (χ0v) is 10.2. The van der Waals surface area contributed by atoms with Gasteiger partial charge in [-0.15, -0.1) is 0 Å². The molecule has 0 fully saturated rings. The maximum absolute atomic E-state index is 10.6. The third-order valence-electron chi connectivity index (χ3n) is 2.64. The first-order valence-corrected chi connectivity index (χ1v) is 5.68. The molecule has 0 spiro atoms. The molecule has 4 heteroatoms. The minimum absolute atomic E-state index is 0.218. The topological polar surface area (TPSA) is 61.6 Å². The summed E-state index contributed by atoms with van der Waals surface area (Å²) >= 11 is 0. The lowest BCUT2D eigenvalue weighted by molar-refractivity contribution is -0.118. The monoisotopic (exact) mass is 245 g/mol. The van der Waals surface area contributed by atoms with Gasteiger partial charge in [-0.05, 0) is 35.0 Å². The molecule has 2 aromatic carbocycles. The number of carbonyl (C=O) groups is 1. The second-order valence-electron chi connectivity index (χ2n) is 3.94. The lowest BCUT2D eigenvalue weighted by atomic mass is 10.1. The van der Waals surface area contributed by atoms with Crippen LogP contribution in [0.25, 0.3) is 10.8 Å². The van der Waals surface area contributed by atoms with Crippen LogP contribution in [0, 0.1) is 0 Å². The quantitative estimate of drug-likeness (QED) is 0.877. The second kappa shape index (κ2) is 5.40. The molecule has 0 aromatic heterocycles. The molecule has 2 rings (SSSR count). The molecule has 0 radical (unpaired) electrons. The summed E-state index contributed by atoms with van der Waals surface area (Å²) in [5.41, 5.74) is 5.05. The highest BCUT2D eigenvalue weighted by Gasteiger charge is 2.00. The van der Waals surface area contributed by atoms with E-state index in [1.54, 1.807) is 7.11 Å². The number of fused-ring (bicyclic) bond motifs is 1. The summed E-state index contributed by atoms with van der Waals surface area (Å²) < 4.78 is 10.6. The van der Waals surface area contributed by atoms with Crippen LogP contribution in [-0.4, -0.2) is 19.6 Å². The largest absolute Gasteiger partial charge is 0.497 e. The highest BCUT2D eigenvalue weighted by Crippen LogP contribution is 2.24. The molecular weight excluding hydrogens is 230 g/mol. The summed E-state index contributed by atoms with van der Waals surface area (Å²) in [6.45, 7) is 0.296. The Hall–Kier alpha value is -2.23. The van der Waals surface area contributed by atoms with E-state index in [2.05, 4.69) is 0 Å². The fourth-order valence-electron chi connectivity index (χ4n) is 1.69. The van der Waals surface area contributed by atoms with E-state index in [-0.39, 0.29) is 12.3 Å². The van der Waals surface area contributed by atoms with Gasteiger partial charge in [-0.25, -0.2) is 0 Å². The first-order valence-electron chi connectivity index (χ1n) is 5.68. The number of primary amides is 1. The number of amides is 1. The van der Waals surface area contributed by atoms with Gasteiger partial charge in [0.05, 0.1) is 20.1 Å². The molecule has 0 unspecified atom stereocenters. The molecule has 0 saturated carbocycles. The van der Waals surface area contributed by atoms with Crippen LogP contribution in [-0.2, 0) is 4.79 Å². The van der Waals surface area contributed by atoms with Gasteiger partial charge in [-0.2, -0.15) is 0 Å². The van der Waals surface area contributed by atoms with Gasteiger partial charge in [0.25, 0.3) is 0 Å². The lowest BCUT2D eigenvalue weighted by Gasteiger charge is -2.07. The molecule has 18 heavy (non-hydrogen) atoms. The fourth-order valence-corrected chi connectivity index (χ4v) is 1.69. The Bertz CT molecular complexity index is 566. The number of hydrogen-bond donors (Lipinski definition) is 1. The molecule has 0 saturated heterocycles. The standard InChI is InChI=1S/C14H15NO3/c1-17-12-4-2-10-3-5-13(9-11(10)8-12)18-7-6-14(15)16/h2-5,8-9H,6-7H2,1H3,(H2,15,16). The average molecular weight is 245 g/mol. The zero-order valence-electron chi connectivity index (χ0n) is 10.2. The normalized spacial score (nSPS) is 10.3. The van der Waals surface area contributed by atoms with Gasteiger partial charge in [0.15, 0.2) is 0 Å². The SMILES string of the molecule is COc1ccc2ccc(OCCC(N)=O)cc2c1. The minimum atomic E-state index is -0.363. The van der Waals surface area contributed by atoms with Crippen LogP contribution < -0.4 is 15.2 Å². The molecule has 94 valence electrons. The number of rotatable bonds is 5. The molecule has 0 aliphatic rings. The second-order valence-corrected chi connectivity index (χ2v) is 3.94. The van der Waals surface area contributed by atoms with Crippen molar-refractivity contribution in [3.8, 4) is 11.5 Å². The van der Waals surface area contributed by atoms with Gasteiger partial charge in [0.1, 0.15) is 11.5 Å². The van der Waals surface area contributed by atoms with Crippen LogP contribution in [0.1, 0.15) is 6.42 Å². The van der Waals surface area contributed by atoms with Crippen molar-refractivity contribution in [3.63, 3.8) is 0 Å². The van der Waals surface area contributed by atoms with Crippen LogP contribution in [0.2, 0.25) is 0 Å². The van der Waals surface area contributed by atoms with E-state index in [1.165, 1.54) is 0 Å². The van der Waals surface area contributed by atoms with Crippen molar-refractivity contribution in [2.24, 2.45) is 5.73 Å². The Labute approximate surface area is 105 Å². The summed E-state index contributed by atoms with van der Waals surface area (Å²) in [5.74, 6) is 1.16. The molecule has 0 aliphatic carbocycles. The van der Waals surface area contributed by atoms with E-state index in [0.717, 1.165) is 22.3 Å². The number of benzene rings is 2. The summed E-state index contributed by atoms with van der Waals surface area (Å²) in [7, 11) is 1.63. The van der Waals surface area contributed by atoms with Crippen molar-refractivity contribution in [3.05, 3.63) is 36.4 Å². The zero-order chi connectivity index (χ0) is 13.0. The Morgan fingerprint density at radius 3 is 2.44 bits per heavy atom. The van der Waals surface area contributed by atoms with E-state index in [9.17, 15) is 4.79 Å². The molecular formula is C14H15NO3. The van der Waals surface area contributed by atoms with Crippen LogP contribution >= 0.6 is 0 Å². The van der Waals surface area contributed by atoms with E-state index >= 15 is 0 Å². The van der Waals surface area contributed by atoms with Crippen molar-refractivity contribution in [2.45, 2.75) is 6.42 Å². The van der Waals surface area contributed by atoms with Gasteiger partial charge >= 0.3 is 0 Å². The van der Waals surface area contributed by atoms with Gasteiger partial charge < -0.3 is 15.2 Å². The van der Waals surface area contributed by atoms with Crippen molar-refractivity contribution in [1.82, 2.24) is 0 Å². The first kappa shape index (κ1) is 12.2. The molecule has 0 bridgehead atoms. The number of nitrogens with two attached hydrogens (primary N) is 1. The third kappa shape index (κ3) is 2.91. The Morgan fingerprint density at radius 1 is 1.11 bits per heavy atom. The smallest absolute Gasteiger partial charge is 0.220 e. The number of hydrogen-bond acceptors (Lipinski definition) is 3. The van der Waals surface area contributed by atoms with Crippen LogP contribution in [0.3, 0.4) is 0 Å².